The van der Waals surface area contributed by atoms with Crippen LogP contribution in [0.15, 0.2) is 85.1 Å². The topological polar surface area (TPSA) is 78.9 Å². The zero-order valence-corrected chi connectivity index (χ0v) is 39.7. The molecule has 0 amide bonds. The molecule has 1 unspecified atom stereocenters. The Morgan fingerprint density at radius 2 is 0.721 bits per heavy atom. The van der Waals surface area contributed by atoms with Crippen LogP contribution in [0.3, 0.4) is 0 Å². The van der Waals surface area contributed by atoms with Crippen molar-refractivity contribution in [2.45, 2.75) is 232 Å². The van der Waals surface area contributed by atoms with Crippen molar-refractivity contribution in [3.8, 4) is 0 Å². The lowest BCUT2D eigenvalue weighted by molar-refractivity contribution is -0.167. The molecule has 0 bridgehead atoms. The Bertz CT molecular complexity index is 1200. The van der Waals surface area contributed by atoms with Gasteiger partial charge in [0.1, 0.15) is 13.2 Å². The Labute approximate surface area is 375 Å². The van der Waals surface area contributed by atoms with E-state index in [1.165, 1.54) is 77.0 Å². The fourth-order valence-electron chi connectivity index (χ4n) is 6.72. The van der Waals surface area contributed by atoms with E-state index in [-0.39, 0.29) is 37.5 Å². The summed E-state index contributed by atoms with van der Waals surface area (Å²) in [6.45, 7) is 6.33. The van der Waals surface area contributed by atoms with Gasteiger partial charge in [-0.3, -0.25) is 14.4 Å². The fourth-order valence-corrected chi connectivity index (χ4v) is 6.72. The number of unbranched alkanes of at least 4 members (excludes halogenated alkanes) is 22. The maximum absolute atomic E-state index is 12.7. The summed E-state index contributed by atoms with van der Waals surface area (Å²) in [5, 5.41) is 0. The van der Waals surface area contributed by atoms with Gasteiger partial charge < -0.3 is 14.2 Å². The summed E-state index contributed by atoms with van der Waals surface area (Å²) in [5.41, 5.74) is 0. The molecule has 61 heavy (non-hydrogen) atoms. The van der Waals surface area contributed by atoms with Crippen LogP contribution in [0.1, 0.15) is 226 Å². The van der Waals surface area contributed by atoms with Crippen molar-refractivity contribution in [3.05, 3.63) is 85.1 Å². The number of rotatable bonds is 44. The van der Waals surface area contributed by atoms with Crippen molar-refractivity contribution < 1.29 is 28.6 Å². The van der Waals surface area contributed by atoms with Crippen molar-refractivity contribution in [1.82, 2.24) is 0 Å². The molecule has 6 heteroatoms. The van der Waals surface area contributed by atoms with Gasteiger partial charge in [-0.2, -0.15) is 0 Å². The van der Waals surface area contributed by atoms with Gasteiger partial charge in [-0.15, -0.1) is 0 Å². The number of carbonyl (C=O) groups excluding carboxylic acids is 3. The van der Waals surface area contributed by atoms with Gasteiger partial charge >= 0.3 is 17.9 Å². The fraction of sp³-hybridized carbons (Fsp3) is 0.691. The van der Waals surface area contributed by atoms with E-state index in [0.29, 0.717) is 19.3 Å². The summed E-state index contributed by atoms with van der Waals surface area (Å²) in [7, 11) is 0. The van der Waals surface area contributed by atoms with Crippen LogP contribution < -0.4 is 0 Å². The minimum atomic E-state index is -0.805. The van der Waals surface area contributed by atoms with Crippen molar-refractivity contribution in [2.75, 3.05) is 13.2 Å². The standard InChI is InChI=1S/C55H92O6/c1-4-7-10-13-16-19-22-25-26-27-28-29-31-33-36-39-42-45-48-54(57)60-51-52(50-59-53(56)47-44-41-38-35-32-24-21-18-15-12-9-6-3)61-55(58)49-46-43-40-37-34-30-23-20-17-14-11-8-5-2/h8-9,11-12,14,17-18,20-21,23,28-30,34,52H,4-7,10,13,15-16,19,22,24-27,31-33,35-51H2,1-3H3/b11-8-,12-9-,17-14-,21-18-,23-20-,29-28-,34-30-. The highest BCUT2D eigenvalue weighted by Gasteiger charge is 2.19. The smallest absolute Gasteiger partial charge is 0.306 e. The van der Waals surface area contributed by atoms with E-state index < -0.39 is 6.10 Å². The molecule has 0 fully saturated rings. The van der Waals surface area contributed by atoms with Crippen LogP contribution in [0.5, 0.6) is 0 Å². The van der Waals surface area contributed by atoms with E-state index >= 15 is 0 Å². The lowest BCUT2D eigenvalue weighted by Crippen LogP contribution is -2.30. The SMILES string of the molecule is CC\C=C/C=C\C=C/C=C\CCCCCC(=O)OC(COC(=O)CCCCCCC/C=C\C/C=C\CC)COC(=O)CCCCCCC/C=C\CCCCCCCCCCC. The van der Waals surface area contributed by atoms with Gasteiger partial charge in [0.15, 0.2) is 6.10 Å². The van der Waals surface area contributed by atoms with E-state index in [4.69, 9.17) is 14.2 Å². The first-order chi connectivity index (χ1) is 30.0. The maximum Gasteiger partial charge on any atom is 0.306 e. The second-order valence-corrected chi connectivity index (χ2v) is 16.4. The lowest BCUT2D eigenvalue weighted by atomic mass is 10.1. The highest BCUT2D eigenvalue weighted by molar-refractivity contribution is 5.71. The van der Waals surface area contributed by atoms with Crippen LogP contribution in [0.4, 0.5) is 0 Å². The number of allylic oxidation sites excluding steroid dienone is 14. The summed E-state index contributed by atoms with van der Waals surface area (Å²) in [6.07, 6.45) is 62.9. The number of hydrogen-bond donors (Lipinski definition) is 0. The lowest BCUT2D eigenvalue weighted by Gasteiger charge is -2.18. The second-order valence-electron chi connectivity index (χ2n) is 16.4. The van der Waals surface area contributed by atoms with Gasteiger partial charge in [-0.25, -0.2) is 0 Å². The van der Waals surface area contributed by atoms with Crippen molar-refractivity contribution >= 4 is 17.9 Å². The zero-order valence-electron chi connectivity index (χ0n) is 39.7. The molecule has 0 aromatic heterocycles. The Hall–Kier alpha value is -3.41. The van der Waals surface area contributed by atoms with Crippen LogP contribution in [0, 0.1) is 0 Å². The molecule has 1 atom stereocenters. The molecule has 0 rings (SSSR count). The summed E-state index contributed by atoms with van der Waals surface area (Å²) < 4.78 is 16.7. The molecule has 0 spiro atoms. The Morgan fingerprint density at radius 1 is 0.361 bits per heavy atom. The monoisotopic (exact) mass is 849 g/mol. The first-order valence-electron chi connectivity index (χ1n) is 25.1. The summed E-state index contributed by atoms with van der Waals surface area (Å²) in [5.74, 6) is -0.968. The average Bonchev–Trinajstić information content (AvgIpc) is 3.26. The first kappa shape index (κ1) is 57.6. The van der Waals surface area contributed by atoms with Gasteiger partial charge in [-0.05, 0) is 89.9 Å². The third kappa shape index (κ3) is 47.5. The van der Waals surface area contributed by atoms with Crippen LogP contribution >= 0.6 is 0 Å². The molecule has 0 heterocycles. The second kappa shape index (κ2) is 49.2. The van der Waals surface area contributed by atoms with E-state index in [1.54, 1.807) is 0 Å². The van der Waals surface area contributed by atoms with Crippen LogP contribution in [-0.2, 0) is 28.6 Å². The van der Waals surface area contributed by atoms with Crippen molar-refractivity contribution in [2.24, 2.45) is 0 Å². The van der Waals surface area contributed by atoms with E-state index in [1.807, 2.05) is 36.5 Å². The number of esters is 3. The van der Waals surface area contributed by atoms with E-state index in [0.717, 1.165) is 103 Å². The molecule has 0 aromatic carbocycles. The number of hydrogen-bond acceptors (Lipinski definition) is 6. The molecule has 0 saturated heterocycles. The van der Waals surface area contributed by atoms with Crippen LogP contribution in [-0.4, -0.2) is 37.2 Å². The highest BCUT2D eigenvalue weighted by atomic mass is 16.6. The summed E-state index contributed by atoms with van der Waals surface area (Å²) >= 11 is 0. The quantitative estimate of drug-likeness (QED) is 0.0200. The largest absolute Gasteiger partial charge is 0.462 e. The third-order valence-electron chi connectivity index (χ3n) is 10.5. The van der Waals surface area contributed by atoms with Gasteiger partial charge in [-0.1, -0.05) is 202 Å². The first-order valence-corrected chi connectivity index (χ1v) is 25.1. The molecule has 6 nitrogen and oxygen atoms in total. The zero-order chi connectivity index (χ0) is 44.4. The molecule has 0 aromatic rings. The number of ether oxygens (including phenoxy) is 3. The maximum atomic E-state index is 12.7. The molecule has 0 saturated carbocycles. The Balaban J connectivity index is 4.43. The van der Waals surface area contributed by atoms with E-state index in [9.17, 15) is 14.4 Å². The molecule has 0 aliphatic carbocycles. The van der Waals surface area contributed by atoms with Gasteiger partial charge in [0.05, 0.1) is 0 Å². The van der Waals surface area contributed by atoms with Crippen molar-refractivity contribution in [3.63, 3.8) is 0 Å². The molecule has 348 valence electrons. The van der Waals surface area contributed by atoms with Crippen LogP contribution in [0.2, 0.25) is 0 Å². The Kier molecular flexibility index (Phi) is 46.5. The van der Waals surface area contributed by atoms with Gasteiger partial charge in [0.2, 0.25) is 0 Å². The average molecular weight is 849 g/mol. The molecule has 0 aliphatic rings. The molecule has 0 radical (unpaired) electrons. The minimum Gasteiger partial charge on any atom is -0.462 e. The van der Waals surface area contributed by atoms with Gasteiger partial charge in [0.25, 0.3) is 0 Å². The predicted molar refractivity (Wildman–Crippen MR) is 261 cm³/mol. The molecule has 0 aliphatic heterocycles. The van der Waals surface area contributed by atoms with Crippen molar-refractivity contribution in [1.29, 1.82) is 0 Å². The minimum absolute atomic E-state index is 0.102. The molecular weight excluding hydrogens is 757 g/mol. The molecule has 0 N–H and O–H groups in total. The molecular formula is C55H92O6. The third-order valence-corrected chi connectivity index (χ3v) is 10.5. The Morgan fingerprint density at radius 3 is 1.21 bits per heavy atom. The van der Waals surface area contributed by atoms with Gasteiger partial charge in [0, 0.05) is 19.3 Å². The summed E-state index contributed by atoms with van der Waals surface area (Å²) in [4.78, 5) is 37.9. The van der Waals surface area contributed by atoms with Crippen LogP contribution in [0.25, 0.3) is 0 Å². The normalized spacial score (nSPS) is 12.8. The number of carbonyl (C=O) groups is 3. The predicted octanol–water partition coefficient (Wildman–Crippen LogP) is 16.4. The summed E-state index contributed by atoms with van der Waals surface area (Å²) in [6, 6.07) is 0. The highest BCUT2D eigenvalue weighted by Crippen LogP contribution is 2.14. The van der Waals surface area contributed by atoms with E-state index in [2.05, 4.69) is 69.4 Å².